The number of rotatable bonds is 20. The standard InChI is InChI=1S/C43H69N13O11S3/c1-5-23(4)35-42(66)51-27(12-13-32(45)57)38(62)53-29(18-33(46)58)39(63)54-30(21-70-69-20-25(44)36(60)52-28(40(64)55-35)17-24-9-8-16-68-24)43(67)56-15-7-11-31(56)41(65)50-26(10-6-14-48-22(2)3)37(61)49-19-34(47)59/h8-9,16,22-23,25-31,35,48H,5-7,10-15,17-21,44H2,1-4H3,(H2,45,57)(H2,46,58)(H2,47,59)(H,49,61)(H,50,65)(H,51,66)(H,52,60)(H,53,62)(H,54,63)(H,55,64)/t23-,25-,26-,27-,28-,29-,30-,31-,35-/m0/s1. The van der Waals surface area contributed by atoms with Crippen molar-refractivity contribution in [2.24, 2.45) is 28.9 Å². The van der Waals surface area contributed by atoms with Gasteiger partial charge in [0.2, 0.25) is 65.0 Å². The van der Waals surface area contributed by atoms with Crippen molar-refractivity contribution in [2.45, 2.75) is 140 Å². The molecular weight excluding hydrogens is 971 g/mol. The second kappa shape index (κ2) is 29.6. The number of primary amides is 3. The summed E-state index contributed by atoms with van der Waals surface area (Å²) in [5, 5.41) is 23.1. The van der Waals surface area contributed by atoms with Crippen LogP contribution < -0.4 is 65.5 Å². The molecule has 2 fully saturated rings. The van der Waals surface area contributed by atoms with E-state index in [1.165, 1.54) is 16.2 Å². The van der Waals surface area contributed by atoms with Crippen molar-refractivity contribution in [3.05, 3.63) is 22.4 Å². The highest BCUT2D eigenvalue weighted by atomic mass is 33.1. The van der Waals surface area contributed by atoms with Gasteiger partial charge in [-0.2, -0.15) is 0 Å². The Labute approximate surface area is 418 Å². The molecule has 16 N–H and O–H groups in total. The van der Waals surface area contributed by atoms with Crippen LogP contribution in [0.25, 0.3) is 0 Å². The summed E-state index contributed by atoms with van der Waals surface area (Å²) in [4.78, 5) is 149. The van der Waals surface area contributed by atoms with E-state index in [1.54, 1.807) is 31.4 Å². The Morgan fingerprint density at radius 2 is 1.47 bits per heavy atom. The number of nitrogens with two attached hydrogens (primary N) is 4. The molecule has 9 atom stereocenters. The Kier molecular flexibility index (Phi) is 24.9. The van der Waals surface area contributed by atoms with Crippen molar-refractivity contribution in [1.82, 2.24) is 47.4 Å². The van der Waals surface area contributed by atoms with Gasteiger partial charge in [0.25, 0.3) is 0 Å². The average Bonchev–Trinajstić information content (AvgIpc) is 4.02. The number of nitrogens with zero attached hydrogens (tertiary/aromatic N) is 1. The van der Waals surface area contributed by atoms with Crippen molar-refractivity contribution in [2.75, 3.05) is 31.1 Å². The Bertz CT molecular complexity index is 2010. The van der Waals surface area contributed by atoms with Crippen LogP contribution in [0.15, 0.2) is 17.5 Å². The van der Waals surface area contributed by atoms with Crippen LogP contribution in [-0.2, 0) is 59.2 Å². The van der Waals surface area contributed by atoms with Gasteiger partial charge in [-0.05, 0) is 56.0 Å². The minimum Gasteiger partial charge on any atom is -0.370 e. The number of thiophene rings is 1. The van der Waals surface area contributed by atoms with Gasteiger partial charge in [0, 0.05) is 41.8 Å². The predicted octanol–water partition coefficient (Wildman–Crippen LogP) is -3.52. The molecular formula is C43H69N13O11S3. The molecule has 1 aromatic heterocycles. The zero-order valence-corrected chi connectivity index (χ0v) is 42.3. The average molecular weight is 1040 g/mol. The summed E-state index contributed by atoms with van der Waals surface area (Å²) < 4.78 is 0. The molecule has 0 aromatic carbocycles. The van der Waals surface area contributed by atoms with Gasteiger partial charge in [0.05, 0.1) is 19.0 Å². The summed E-state index contributed by atoms with van der Waals surface area (Å²) in [5.41, 5.74) is 22.5. The molecule has 0 radical (unpaired) electrons. The van der Waals surface area contributed by atoms with Crippen molar-refractivity contribution in [1.29, 1.82) is 0 Å². The first-order valence-corrected chi connectivity index (χ1v) is 26.5. The molecule has 27 heteroatoms. The quantitative estimate of drug-likeness (QED) is 0.0445. The van der Waals surface area contributed by atoms with Crippen LogP contribution in [0.5, 0.6) is 0 Å². The van der Waals surface area contributed by atoms with Crippen molar-refractivity contribution in [3.63, 3.8) is 0 Å². The van der Waals surface area contributed by atoms with Gasteiger partial charge in [-0.3, -0.25) is 52.7 Å². The summed E-state index contributed by atoms with van der Waals surface area (Å²) >= 11 is 1.34. The van der Waals surface area contributed by atoms with Crippen LogP contribution in [0, 0.1) is 5.92 Å². The SMILES string of the molecule is CC[C@H](C)[C@@H]1NC(=O)[C@H](Cc2cccs2)NC(=O)[C@@H](N)CSSC[C@@H](C(=O)N2CCC[C@H]2C(=O)N[C@@H](CCCNC(C)C)C(=O)NCC(N)=O)NC(=O)[C@H](CC(N)=O)NC(=O)[C@H](CCC(N)=O)NC1=O. The number of nitrogens with one attached hydrogen (secondary N) is 8. The molecule has 3 heterocycles. The molecule has 70 heavy (non-hydrogen) atoms. The third kappa shape index (κ3) is 19.7. The van der Waals surface area contributed by atoms with Crippen LogP contribution in [-0.4, -0.2) is 155 Å². The van der Waals surface area contributed by atoms with E-state index in [2.05, 4.69) is 42.5 Å². The fourth-order valence-electron chi connectivity index (χ4n) is 7.37. The fraction of sp³-hybridized carbons (Fsp3) is 0.651. The number of hydrogen-bond donors (Lipinski definition) is 12. The van der Waals surface area contributed by atoms with E-state index < -0.39 is 139 Å². The Morgan fingerprint density at radius 3 is 2.10 bits per heavy atom. The lowest BCUT2D eigenvalue weighted by atomic mass is 9.96. The predicted molar refractivity (Wildman–Crippen MR) is 264 cm³/mol. The van der Waals surface area contributed by atoms with E-state index in [0.29, 0.717) is 25.8 Å². The third-order valence-electron chi connectivity index (χ3n) is 11.4. The topological polar surface area (TPSA) is 391 Å². The van der Waals surface area contributed by atoms with Gasteiger partial charge in [0.15, 0.2) is 0 Å². The van der Waals surface area contributed by atoms with Gasteiger partial charge in [-0.25, -0.2) is 0 Å². The molecule has 3 rings (SSSR count). The highest BCUT2D eigenvalue weighted by Gasteiger charge is 2.41. The largest absolute Gasteiger partial charge is 0.370 e. The summed E-state index contributed by atoms with van der Waals surface area (Å²) in [5.74, 6) is -9.89. The number of amides is 11. The summed E-state index contributed by atoms with van der Waals surface area (Å²) in [6.07, 6.45) is 0.0132. The summed E-state index contributed by atoms with van der Waals surface area (Å²) in [6.45, 7) is 7.44. The Balaban J connectivity index is 2.02. The number of carbonyl (C=O) groups is 11. The van der Waals surface area contributed by atoms with E-state index >= 15 is 0 Å². The molecule has 24 nitrogen and oxygen atoms in total. The van der Waals surface area contributed by atoms with E-state index in [1.807, 2.05) is 13.8 Å². The van der Waals surface area contributed by atoms with Gasteiger partial charge < -0.3 is 70.4 Å². The summed E-state index contributed by atoms with van der Waals surface area (Å²) in [6, 6.07) is -6.94. The zero-order valence-electron chi connectivity index (χ0n) is 39.9. The molecule has 0 saturated carbocycles. The first kappa shape index (κ1) is 58.8. The highest BCUT2D eigenvalue weighted by Crippen LogP contribution is 2.26. The van der Waals surface area contributed by atoms with Crippen molar-refractivity contribution >= 4 is 97.9 Å². The van der Waals surface area contributed by atoms with E-state index in [-0.39, 0.29) is 49.8 Å². The lowest BCUT2D eigenvalue weighted by Crippen LogP contribution is -2.61. The normalized spacial score (nSPS) is 24.2. The maximum atomic E-state index is 14.6. The highest BCUT2D eigenvalue weighted by molar-refractivity contribution is 8.76. The van der Waals surface area contributed by atoms with Crippen LogP contribution >= 0.6 is 32.9 Å². The maximum absolute atomic E-state index is 14.6. The number of hydrogen-bond acceptors (Lipinski definition) is 16. The minimum atomic E-state index is -1.74. The molecule has 1 aromatic rings. The third-order valence-corrected chi connectivity index (χ3v) is 14.8. The maximum Gasteiger partial charge on any atom is 0.246 e. The van der Waals surface area contributed by atoms with E-state index in [4.69, 9.17) is 22.9 Å². The first-order valence-electron chi connectivity index (χ1n) is 23.1. The van der Waals surface area contributed by atoms with Crippen LogP contribution in [0.1, 0.15) is 83.9 Å². The van der Waals surface area contributed by atoms with E-state index in [9.17, 15) is 52.7 Å². The van der Waals surface area contributed by atoms with Gasteiger partial charge in [-0.1, -0.05) is 61.8 Å². The van der Waals surface area contributed by atoms with E-state index in [0.717, 1.165) is 26.5 Å². The number of likely N-dealkylation sites (tertiary alicyclic amines) is 1. The molecule has 11 amide bonds. The minimum absolute atomic E-state index is 0.0432. The van der Waals surface area contributed by atoms with Crippen LogP contribution in [0.2, 0.25) is 0 Å². The lowest BCUT2D eigenvalue weighted by Gasteiger charge is -2.31. The smallest absolute Gasteiger partial charge is 0.246 e. The molecule has 0 unspecified atom stereocenters. The molecule has 2 aliphatic rings. The molecule has 0 aliphatic carbocycles. The fourth-order valence-corrected chi connectivity index (χ4v) is 10.4. The molecule has 2 aliphatic heterocycles. The molecule has 0 spiro atoms. The van der Waals surface area contributed by atoms with Gasteiger partial charge >= 0.3 is 0 Å². The van der Waals surface area contributed by atoms with Crippen molar-refractivity contribution in [3.8, 4) is 0 Å². The molecule has 2 saturated heterocycles. The Morgan fingerprint density at radius 1 is 0.814 bits per heavy atom. The van der Waals surface area contributed by atoms with Gasteiger partial charge in [-0.15, -0.1) is 11.3 Å². The second-order valence-corrected chi connectivity index (χ2v) is 21.0. The summed E-state index contributed by atoms with van der Waals surface area (Å²) in [7, 11) is 2.10. The second-order valence-electron chi connectivity index (χ2n) is 17.4. The van der Waals surface area contributed by atoms with Crippen LogP contribution in [0.4, 0.5) is 0 Å². The van der Waals surface area contributed by atoms with Gasteiger partial charge in [0.1, 0.15) is 42.3 Å². The molecule has 0 bridgehead atoms. The zero-order chi connectivity index (χ0) is 52.1. The Hall–Kier alpha value is -5.51. The first-order chi connectivity index (χ1) is 33.1. The number of carbonyl (C=O) groups excluding carboxylic acids is 11. The lowest BCUT2D eigenvalue weighted by molar-refractivity contribution is -0.142. The molecule has 390 valence electrons. The van der Waals surface area contributed by atoms with Crippen LogP contribution in [0.3, 0.4) is 0 Å². The monoisotopic (exact) mass is 1040 g/mol. The van der Waals surface area contributed by atoms with Crippen molar-refractivity contribution < 1.29 is 52.7 Å².